The van der Waals surface area contributed by atoms with Crippen LogP contribution < -0.4 is 0 Å². The van der Waals surface area contributed by atoms with Crippen LogP contribution in [0.5, 0.6) is 0 Å². The third-order valence-corrected chi connectivity index (χ3v) is 5.11. The lowest BCUT2D eigenvalue weighted by molar-refractivity contribution is 0.217. The zero-order chi connectivity index (χ0) is 14.2. The fraction of sp³-hybridized carbons (Fsp3) is 0.400. The summed E-state index contributed by atoms with van der Waals surface area (Å²) in [5.74, 6) is 1.39. The van der Waals surface area contributed by atoms with Crippen LogP contribution in [0, 0.1) is 0 Å². The fourth-order valence-electron chi connectivity index (χ4n) is 3.43. The van der Waals surface area contributed by atoms with Gasteiger partial charge in [0.25, 0.3) is 0 Å². The van der Waals surface area contributed by atoms with Gasteiger partial charge < -0.3 is 5.11 Å². The third-order valence-electron chi connectivity index (χ3n) is 5.11. The zero-order valence-corrected chi connectivity index (χ0v) is 12.3. The van der Waals surface area contributed by atoms with E-state index in [0.717, 1.165) is 17.0 Å². The molecule has 1 atom stereocenters. The highest BCUT2D eigenvalue weighted by atomic mass is 16.3. The molecule has 0 saturated heterocycles. The summed E-state index contributed by atoms with van der Waals surface area (Å²) in [7, 11) is 0. The Balaban J connectivity index is 1.67. The van der Waals surface area contributed by atoms with Crippen LogP contribution in [0.15, 0.2) is 48.5 Å². The van der Waals surface area contributed by atoms with Gasteiger partial charge >= 0.3 is 0 Å². The Morgan fingerprint density at radius 1 is 0.857 bits per heavy atom. The maximum atomic E-state index is 10.9. The quantitative estimate of drug-likeness (QED) is 0.842. The van der Waals surface area contributed by atoms with E-state index in [9.17, 15) is 5.11 Å². The van der Waals surface area contributed by atoms with Gasteiger partial charge in [-0.2, -0.15) is 0 Å². The molecule has 0 bridgehead atoms. The number of hydrogen-bond acceptors (Lipinski definition) is 1. The van der Waals surface area contributed by atoms with Crippen molar-refractivity contribution in [2.24, 2.45) is 0 Å². The van der Waals surface area contributed by atoms with E-state index >= 15 is 0 Å². The molecule has 2 aliphatic rings. The first-order valence-electron chi connectivity index (χ1n) is 8.19. The Hall–Kier alpha value is -1.60. The van der Waals surface area contributed by atoms with Gasteiger partial charge in [-0.15, -0.1) is 0 Å². The Bertz CT molecular complexity index is 638. The van der Waals surface area contributed by atoms with Crippen molar-refractivity contribution in [2.45, 2.75) is 50.0 Å². The monoisotopic (exact) mass is 278 g/mol. The lowest BCUT2D eigenvalue weighted by Crippen LogP contribution is -2.13. The van der Waals surface area contributed by atoms with Crippen molar-refractivity contribution in [3.8, 4) is 0 Å². The topological polar surface area (TPSA) is 20.2 Å². The second-order valence-electron chi connectivity index (χ2n) is 6.60. The normalized spacial score (nSPS) is 20.0. The number of aliphatic hydroxyl groups excluding tert-OH is 1. The Morgan fingerprint density at radius 2 is 1.67 bits per heavy atom. The SMILES string of the molecule is OC(c1cccc(C2CC2)c1)c1ccccc1C1CCC1. The molecule has 1 heteroatoms. The van der Waals surface area contributed by atoms with Gasteiger partial charge in [0.05, 0.1) is 0 Å². The second-order valence-corrected chi connectivity index (χ2v) is 6.60. The van der Waals surface area contributed by atoms with Gasteiger partial charge in [-0.25, -0.2) is 0 Å². The average molecular weight is 278 g/mol. The molecule has 0 aromatic heterocycles. The predicted molar refractivity (Wildman–Crippen MR) is 85.5 cm³/mol. The Labute approximate surface area is 126 Å². The summed E-state index contributed by atoms with van der Waals surface area (Å²) in [4.78, 5) is 0. The van der Waals surface area contributed by atoms with Gasteiger partial charge in [0, 0.05) is 0 Å². The number of hydrogen-bond donors (Lipinski definition) is 1. The Kier molecular flexibility index (Phi) is 3.31. The van der Waals surface area contributed by atoms with Crippen LogP contribution >= 0.6 is 0 Å². The molecule has 2 fully saturated rings. The van der Waals surface area contributed by atoms with E-state index in [2.05, 4.69) is 42.5 Å². The van der Waals surface area contributed by atoms with Crippen LogP contribution in [0.25, 0.3) is 0 Å². The molecule has 1 nitrogen and oxygen atoms in total. The summed E-state index contributed by atoms with van der Waals surface area (Å²) in [6.07, 6.45) is 5.99. The third kappa shape index (κ3) is 2.51. The summed E-state index contributed by atoms with van der Waals surface area (Å²) in [5.41, 5.74) is 4.90. The maximum absolute atomic E-state index is 10.9. The van der Waals surface area contributed by atoms with Crippen LogP contribution in [0.2, 0.25) is 0 Å². The standard InChI is InChI=1S/C20H22O/c21-20(17-8-4-7-16(13-17)14-11-12-14)19-10-2-1-9-18(19)15-5-3-6-15/h1-2,4,7-10,13-15,20-21H,3,5-6,11-12H2. The largest absolute Gasteiger partial charge is 0.384 e. The lowest BCUT2D eigenvalue weighted by atomic mass is 9.77. The molecule has 0 heterocycles. The first-order valence-corrected chi connectivity index (χ1v) is 8.19. The van der Waals surface area contributed by atoms with Gasteiger partial charge in [-0.05, 0) is 59.8 Å². The van der Waals surface area contributed by atoms with E-state index in [1.54, 1.807) is 0 Å². The first kappa shape index (κ1) is 13.1. The van der Waals surface area contributed by atoms with E-state index in [4.69, 9.17) is 0 Å². The molecule has 2 aromatic rings. The first-order chi connectivity index (χ1) is 10.3. The molecule has 0 amide bonds. The summed E-state index contributed by atoms with van der Waals surface area (Å²) >= 11 is 0. The minimum atomic E-state index is -0.486. The van der Waals surface area contributed by atoms with Crippen LogP contribution in [0.3, 0.4) is 0 Å². The highest BCUT2D eigenvalue weighted by Crippen LogP contribution is 2.43. The van der Waals surface area contributed by atoms with Crippen molar-refractivity contribution in [2.75, 3.05) is 0 Å². The highest BCUT2D eigenvalue weighted by Gasteiger charge is 2.26. The average Bonchev–Trinajstić information content (AvgIpc) is 3.30. The van der Waals surface area contributed by atoms with Crippen molar-refractivity contribution in [1.29, 1.82) is 0 Å². The van der Waals surface area contributed by atoms with Gasteiger partial charge in [-0.3, -0.25) is 0 Å². The number of rotatable bonds is 4. The van der Waals surface area contributed by atoms with Crippen molar-refractivity contribution in [3.63, 3.8) is 0 Å². The summed E-state index contributed by atoms with van der Waals surface area (Å²) in [5, 5.41) is 10.9. The van der Waals surface area contributed by atoms with Crippen LogP contribution in [-0.2, 0) is 0 Å². The lowest BCUT2D eigenvalue weighted by Gasteiger charge is -2.29. The van der Waals surface area contributed by atoms with Crippen molar-refractivity contribution in [3.05, 3.63) is 70.8 Å². The second kappa shape index (κ2) is 5.31. The van der Waals surface area contributed by atoms with Crippen LogP contribution in [0.4, 0.5) is 0 Å². The molecule has 2 aliphatic carbocycles. The van der Waals surface area contributed by atoms with E-state index in [1.807, 2.05) is 6.07 Å². The zero-order valence-electron chi connectivity index (χ0n) is 12.3. The molecule has 4 rings (SSSR count). The maximum Gasteiger partial charge on any atom is 0.104 e. The molecule has 0 spiro atoms. The van der Waals surface area contributed by atoms with E-state index in [1.165, 1.54) is 43.2 Å². The molecule has 2 aromatic carbocycles. The minimum Gasteiger partial charge on any atom is -0.384 e. The van der Waals surface area contributed by atoms with Gasteiger partial charge in [0.1, 0.15) is 6.10 Å². The smallest absolute Gasteiger partial charge is 0.104 e. The van der Waals surface area contributed by atoms with Crippen molar-refractivity contribution >= 4 is 0 Å². The highest BCUT2D eigenvalue weighted by molar-refractivity contribution is 5.40. The van der Waals surface area contributed by atoms with Crippen molar-refractivity contribution in [1.82, 2.24) is 0 Å². The molecule has 0 aliphatic heterocycles. The summed E-state index contributed by atoms with van der Waals surface area (Å²) < 4.78 is 0. The molecule has 2 saturated carbocycles. The molecular formula is C20H22O. The molecule has 0 radical (unpaired) electrons. The number of benzene rings is 2. The minimum absolute atomic E-state index is 0.486. The van der Waals surface area contributed by atoms with Crippen LogP contribution in [0.1, 0.15) is 72.3 Å². The van der Waals surface area contributed by atoms with Crippen LogP contribution in [-0.4, -0.2) is 5.11 Å². The van der Waals surface area contributed by atoms with Gasteiger partial charge in [0.2, 0.25) is 0 Å². The number of aliphatic hydroxyl groups is 1. The molecular weight excluding hydrogens is 256 g/mol. The van der Waals surface area contributed by atoms with E-state index in [-0.39, 0.29) is 0 Å². The van der Waals surface area contributed by atoms with Crippen molar-refractivity contribution < 1.29 is 5.11 Å². The molecule has 1 unspecified atom stereocenters. The summed E-state index contributed by atoms with van der Waals surface area (Å²) in [6, 6.07) is 17.0. The molecule has 108 valence electrons. The fourth-order valence-corrected chi connectivity index (χ4v) is 3.43. The predicted octanol–water partition coefficient (Wildman–Crippen LogP) is 4.91. The van der Waals surface area contributed by atoms with E-state index in [0.29, 0.717) is 5.92 Å². The molecule has 21 heavy (non-hydrogen) atoms. The summed E-state index contributed by atoms with van der Waals surface area (Å²) in [6.45, 7) is 0. The Morgan fingerprint density at radius 3 is 2.38 bits per heavy atom. The molecule has 1 N–H and O–H groups in total. The van der Waals surface area contributed by atoms with Gasteiger partial charge in [0.15, 0.2) is 0 Å². The van der Waals surface area contributed by atoms with Gasteiger partial charge in [-0.1, -0.05) is 55.0 Å². The van der Waals surface area contributed by atoms with E-state index < -0.39 is 6.10 Å².